The third-order valence-electron chi connectivity index (χ3n) is 5.66. The zero-order valence-corrected chi connectivity index (χ0v) is 22.0. The molecule has 1 aromatic heterocycles. The number of hydrogen-bond acceptors (Lipinski definition) is 5. The van der Waals surface area contributed by atoms with Crippen LogP contribution in [0.3, 0.4) is 0 Å². The molecular formula is C24H37IN4O3. The molecule has 32 heavy (non-hydrogen) atoms. The number of guanidine groups is 1. The van der Waals surface area contributed by atoms with Gasteiger partial charge in [-0.2, -0.15) is 0 Å². The van der Waals surface area contributed by atoms with Gasteiger partial charge in [-0.1, -0.05) is 31.1 Å². The first-order chi connectivity index (χ1) is 15.2. The molecule has 178 valence electrons. The van der Waals surface area contributed by atoms with Gasteiger partial charge in [0.2, 0.25) is 0 Å². The molecule has 0 bridgehead atoms. The first-order valence-corrected chi connectivity index (χ1v) is 11.5. The standard InChI is InChI=1S/C24H36N4O3.HI/c1-5-20-19(21(6-2)31-28-20)16-27-24(25-7-3)26-15-17-11-10-14-22(29-4)23(17)30-18-12-8-9-13-18;/h10-11,14,18H,5-9,12-13,15-16H2,1-4H3,(H2,25,26,27);1H. The summed E-state index contributed by atoms with van der Waals surface area (Å²) in [6, 6.07) is 6.00. The van der Waals surface area contributed by atoms with Gasteiger partial charge in [0.05, 0.1) is 25.5 Å². The first-order valence-electron chi connectivity index (χ1n) is 11.5. The Balaban J connectivity index is 0.00000363. The molecule has 2 aromatic rings. The lowest BCUT2D eigenvalue weighted by atomic mass is 10.1. The van der Waals surface area contributed by atoms with Crippen molar-refractivity contribution in [2.75, 3.05) is 13.7 Å². The van der Waals surface area contributed by atoms with Crippen molar-refractivity contribution < 1.29 is 14.0 Å². The van der Waals surface area contributed by atoms with E-state index < -0.39 is 0 Å². The normalized spacial score (nSPS) is 14.2. The number of halogens is 1. The van der Waals surface area contributed by atoms with Gasteiger partial charge in [0.15, 0.2) is 17.5 Å². The van der Waals surface area contributed by atoms with Crippen molar-refractivity contribution in [3.8, 4) is 11.5 Å². The van der Waals surface area contributed by atoms with Gasteiger partial charge in [0.25, 0.3) is 0 Å². The van der Waals surface area contributed by atoms with E-state index in [4.69, 9.17) is 19.0 Å². The van der Waals surface area contributed by atoms with Crippen LogP contribution in [0, 0.1) is 0 Å². The van der Waals surface area contributed by atoms with Crippen LogP contribution in [-0.4, -0.2) is 30.9 Å². The Kier molecular flexibility index (Phi) is 11.1. The maximum absolute atomic E-state index is 6.34. The van der Waals surface area contributed by atoms with E-state index in [1.54, 1.807) is 7.11 Å². The number of ether oxygens (including phenoxy) is 2. The van der Waals surface area contributed by atoms with Crippen LogP contribution in [-0.2, 0) is 25.9 Å². The highest BCUT2D eigenvalue weighted by molar-refractivity contribution is 14.0. The van der Waals surface area contributed by atoms with Gasteiger partial charge >= 0.3 is 0 Å². The van der Waals surface area contributed by atoms with Crippen LogP contribution in [0.1, 0.15) is 69.0 Å². The summed E-state index contributed by atoms with van der Waals surface area (Å²) in [7, 11) is 1.69. The smallest absolute Gasteiger partial charge is 0.191 e. The topological polar surface area (TPSA) is 80.9 Å². The Labute approximate surface area is 208 Å². The number of rotatable bonds is 10. The fourth-order valence-corrected chi connectivity index (χ4v) is 3.97. The first kappa shape index (κ1) is 26.3. The van der Waals surface area contributed by atoms with E-state index in [2.05, 4.69) is 42.6 Å². The van der Waals surface area contributed by atoms with E-state index in [0.29, 0.717) is 13.1 Å². The Bertz CT molecular complexity index is 841. The molecule has 0 unspecified atom stereocenters. The highest BCUT2D eigenvalue weighted by Gasteiger charge is 2.20. The number of benzene rings is 1. The number of nitrogens with zero attached hydrogens (tertiary/aromatic N) is 2. The van der Waals surface area contributed by atoms with Crippen LogP contribution in [0.5, 0.6) is 11.5 Å². The lowest BCUT2D eigenvalue weighted by molar-refractivity contribution is 0.198. The number of aromatic nitrogens is 1. The molecule has 0 atom stereocenters. The third kappa shape index (κ3) is 6.76. The Hall–Kier alpha value is -1.97. The summed E-state index contributed by atoms with van der Waals surface area (Å²) in [4.78, 5) is 4.81. The van der Waals surface area contributed by atoms with Crippen molar-refractivity contribution in [1.29, 1.82) is 0 Å². The maximum atomic E-state index is 6.34. The predicted molar refractivity (Wildman–Crippen MR) is 138 cm³/mol. The molecule has 1 aliphatic carbocycles. The summed E-state index contributed by atoms with van der Waals surface area (Å²) in [5.41, 5.74) is 3.15. The number of hydrogen-bond donors (Lipinski definition) is 2. The maximum Gasteiger partial charge on any atom is 0.191 e. The van der Waals surface area contributed by atoms with Gasteiger partial charge in [-0.15, -0.1) is 24.0 Å². The molecule has 0 spiro atoms. The average molecular weight is 556 g/mol. The molecule has 8 heteroatoms. The van der Waals surface area contributed by atoms with Crippen LogP contribution in [0.25, 0.3) is 0 Å². The van der Waals surface area contributed by atoms with Crippen molar-refractivity contribution in [2.24, 2.45) is 4.99 Å². The number of para-hydroxylation sites is 1. The van der Waals surface area contributed by atoms with Gasteiger partial charge in [0, 0.05) is 30.6 Å². The Morgan fingerprint density at radius 1 is 1.16 bits per heavy atom. The lowest BCUT2D eigenvalue weighted by Gasteiger charge is -2.19. The molecule has 7 nitrogen and oxygen atoms in total. The number of nitrogens with one attached hydrogen (secondary N) is 2. The minimum atomic E-state index is 0. The van der Waals surface area contributed by atoms with E-state index >= 15 is 0 Å². The fourth-order valence-electron chi connectivity index (χ4n) is 3.97. The van der Waals surface area contributed by atoms with Crippen LogP contribution < -0.4 is 20.1 Å². The van der Waals surface area contributed by atoms with E-state index in [0.717, 1.165) is 72.3 Å². The minimum Gasteiger partial charge on any atom is -0.493 e. The molecule has 1 aliphatic rings. The SMILES string of the molecule is CCNC(=NCc1cccc(OC)c1OC1CCCC1)NCc1c(CC)noc1CC.I. The number of aryl methyl sites for hydroxylation is 2. The van der Waals surface area contributed by atoms with Gasteiger partial charge < -0.3 is 24.6 Å². The summed E-state index contributed by atoms with van der Waals surface area (Å²) in [5, 5.41) is 11.0. The average Bonchev–Trinajstić information content (AvgIpc) is 3.45. The van der Waals surface area contributed by atoms with Gasteiger partial charge in [-0.3, -0.25) is 0 Å². The van der Waals surface area contributed by atoms with Gasteiger partial charge in [-0.05, 0) is 45.1 Å². The Morgan fingerprint density at radius 2 is 1.94 bits per heavy atom. The largest absolute Gasteiger partial charge is 0.493 e. The quantitative estimate of drug-likeness (QED) is 0.244. The fraction of sp³-hybridized carbons (Fsp3) is 0.583. The van der Waals surface area contributed by atoms with E-state index in [1.807, 2.05) is 12.1 Å². The van der Waals surface area contributed by atoms with Crippen LogP contribution >= 0.6 is 24.0 Å². The lowest BCUT2D eigenvalue weighted by Crippen LogP contribution is -2.37. The van der Waals surface area contributed by atoms with Crippen molar-refractivity contribution >= 4 is 29.9 Å². The minimum absolute atomic E-state index is 0. The molecule has 3 rings (SSSR count). The molecule has 2 N–H and O–H groups in total. The van der Waals surface area contributed by atoms with E-state index in [-0.39, 0.29) is 30.1 Å². The third-order valence-corrected chi connectivity index (χ3v) is 5.66. The van der Waals surface area contributed by atoms with Crippen molar-refractivity contribution in [1.82, 2.24) is 15.8 Å². The van der Waals surface area contributed by atoms with E-state index in [9.17, 15) is 0 Å². The molecule has 0 saturated heterocycles. The highest BCUT2D eigenvalue weighted by Crippen LogP contribution is 2.35. The Morgan fingerprint density at radius 3 is 2.59 bits per heavy atom. The van der Waals surface area contributed by atoms with Crippen molar-refractivity contribution in [3.63, 3.8) is 0 Å². The summed E-state index contributed by atoms with van der Waals surface area (Å²) in [5.74, 6) is 3.27. The summed E-state index contributed by atoms with van der Waals surface area (Å²) in [6.07, 6.45) is 6.59. The van der Waals surface area contributed by atoms with Crippen molar-refractivity contribution in [2.45, 2.75) is 78.5 Å². The van der Waals surface area contributed by atoms with Gasteiger partial charge in [-0.25, -0.2) is 4.99 Å². The molecule has 1 aromatic carbocycles. The molecule has 0 amide bonds. The molecule has 0 aliphatic heterocycles. The van der Waals surface area contributed by atoms with E-state index in [1.165, 1.54) is 12.8 Å². The second-order valence-electron chi connectivity index (χ2n) is 7.76. The molecule has 1 saturated carbocycles. The highest BCUT2D eigenvalue weighted by atomic mass is 127. The zero-order valence-electron chi connectivity index (χ0n) is 19.7. The van der Waals surface area contributed by atoms with Gasteiger partial charge in [0.1, 0.15) is 5.76 Å². The summed E-state index contributed by atoms with van der Waals surface area (Å²) >= 11 is 0. The molecule has 0 radical (unpaired) electrons. The molecule has 1 fully saturated rings. The number of methoxy groups -OCH3 is 1. The second-order valence-corrected chi connectivity index (χ2v) is 7.76. The number of aliphatic imine (C=N–C) groups is 1. The predicted octanol–water partition coefficient (Wildman–Crippen LogP) is 5.00. The second kappa shape index (κ2) is 13.5. The summed E-state index contributed by atoms with van der Waals surface area (Å²) in [6.45, 7) is 8.14. The van der Waals surface area contributed by atoms with Crippen LogP contribution in [0.15, 0.2) is 27.7 Å². The van der Waals surface area contributed by atoms with Crippen LogP contribution in [0.4, 0.5) is 0 Å². The van der Waals surface area contributed by atoms with Crippen LogP contribution in [0.2, 0.25) is 0 Å². The van der Waals surface area contributed by atoms with Crippen molar-refractivity contribution in [3.05, 3.63) is 40.8 Å². The zero-order chi connectivity index (χ0) is 22.1. The summed E-state index contributed by atoms with van der Waals surface area (Å²) < 4.78 is 17.4. The molecule has 1 heterocycles. The molecular weight excluding hydrogens is 519 g/mol. The monoisotopic (exact) mass is 556 g/mol.